The van der Waals surface area contributed by atoms with E-state index in [1.54, 1.807) is 36.3 Å². The molecule has 2 aliphatic rings. The average molecular weight is 472 g/mol. The molecule has 8 nitrogen and oxygen atoms in total. The number of hydrogen-bond donors (Lipinski definition) is 2. The van der Waals surface area contributed by atoms with Crippen LogP contribution in [-0.2, 0) is 11.2 Å². The molecule has 2 aromatic carbocycles. The second kappa shape index (κ2) is 9.31. The monoisotopic (exact) mass is 471 g/mol. The van der Waals surface area contributed by atoms with E-state index >= 15 is 0 Å². The zero-order valence-corrected chi connectivity index (χ0v) is 19.3. The van der Waals surface area contributed by atoms with Crippen molar-refractivity contribution in [2.24, 2.45) is 5.92 Å². The number of halogens is 1. The van der Waals surface area contributed by atoms with Crippen molar-refractivity contribution in [2.75, 3.05) is 27.3 Å². The van der Waals surface area contributed by atoms with Gasteiger partial charge in [-0.15, -0.1) is 0 Å². The third-order valence-electron chi connectivity index (χ3n) is 6.51. The molecule has 0 spiro atoms. The molecule has 0 unspecified atom stereocenters. The summed E-state index contributed by atoms with van der Waals surface area (Å²) in [5, 5.41) is 5.81. The van der Waals surface area contributed by atoms with E-state index < -0.39 is 11.6 Å². The summed E-state index contributed by atoms with van der Waals surface area (Å²) < 4.78 is 10.6. The predicted molar refractivity (Wildman–Crippen MR) is 123 cm³/mol. The van der Waals surface area contributed by atoms with Gasteiger partial charge in [0.2, 0.25) is 0 Å². The van der Waals surface area contributed by atoms with Crippen LogP contribution >= 0.6 is 11.6 Å². The summed E-state index contributed by atoms with van der Waals surface area (Å²) >= 11 is 6.35. The molecule has 0 aliphatic carbocycles. The Bertz CT molecular complexity index is 1080. The summed E-state index contributed by atoms with van der Waals surface area (Å²) in [5.41, 5.74) is 0.199. The predicted octanol–water partition coefficient (Wildman–Crippen LogP) is 3.03. The molecule has 2 aliphatic heterocycles. The Morgan fingerprint density at radius 3 is 2.39 bits per heavy atom. The van der Waals surface area contributed by atoms with Gasteiger partial charge in [-0.3, -0.25) is 14.9 Å². The van der Waals surface area contributed by atoms with Crippen molar-refractivity contribution in [2.45, 2.75) is 24.8 Å². The molecule has 2 N–H and O–H groups in total. The lowest BCUT2D eigenvalue weighted by Gasteiger charge is -2.41. The molecular weight excluding hydrogens is 446 g/mol. The zero-order valence-electron chi connectivity index (χ0n) is 18.5. The van der Waals surface area contributed by atoms with Crippen LogP contribution in [0.4, 0.5) is 4.79 Å². The number of carbonyl (C=O) groups excluding carboxylic acids is 3. The SMILES string of the molecule is COc1ccc(C(=O)N2CCC([C@@]3(Cc4ccccc4Cl)NC(=O)NC3=O)CC2)cc1OC. The van der Waals surface area contributed by atoms with E-state index in [4.69, 9.17) is 21.1 Å². The molecule has 2 heterocycles. The van der Waals surface area contributed by atoms with Crippen LogP contribution in [0.25, 0.3) is 0 Å². The van der Waals surface area contributed by atoms with Crippen molar-refractivity contribution < 1.29 is 23.9 Å². The maximum absolute atomic E-state index is 13.1. The van der Waals surface area contributed by atoms with E-state index in [-0.39, 0.29) is 17.7 Å². The number of nitrogens with zero attached hydrogens (tertiary/aromatic N) is 1. The first-order chi connectivity index (χ1) is 15.9. The number of piperidine rings is 1. The first-order valence-electron chi connectivity index (χ1n) is 10.8. The molecule has 0 radical (unpaired) electrons. The van der Waals surface area contributed by atoms with E-state index in [1.165, 1.54) is 7.11 Å². The molecule has 1 atom stereocenters. The number of urea groups is 1. The zero-order chi connectivity index (χ0) is 23.6. The topological polar surface area (TPSA) is 97.0 Å². The van der Waals surface area contributed by atoms with E-state index in [2.05, 4.69) is 10.6 Å². The number of ether oxygens (including phenoxy) is 2. The largest absolute Gasteiger partial charge is 0.493 e. The maximum atomic E-state index is 13.1. The van der Waals surface area contributed by atoms with Gasteiger partial charge in [-0.1, -0.05) is 29.8 Å². The van der Waals surface area contributed by atoms with E-state index in [0.717, 1.165) is 5.56 Å². The molecule has 2 fully saturated rings. The van der Waals surface area contributed by atoms with Crippen molar-refractivity contribution in [1.82, 2.24) is 15.5 Å². The first kappa shape index (κ1) is 22.9. The summed E-state index contributed by atoms with van der Waals surface area (Å²) in [6, 6.07) is 11.9. The van der Waals surface area contributed by atoms with Gasteiger partial charge < -0.3 is 19.7 Å². The van der Waals surface area contributed by atoms with Gasteiger partial charge in [-0.2, -0.15) is 0 Å². The summed E-state index contributed by atoms with van der Waals surface area (Å²) in [6.45, 7) is 0.927. The Kier molecular flexibility index (Phi) is 6.47. The lowest BCUT2D eigenvalue weighted by molar-refractivity contribution is -0.126. The number of nitrogens with one attached hydrogen (secondary N) is 2. The summed E-state index contributed by atoms with van der Waals surface area (Å²) in [5.74, 6) is 0.431. The Balaban J connectivity index is 1.51. The van der Waals surface area contributed by atoms with Gasteiger partial charge in [-0.25, -0.2) is 4.79 Å². The number of carbonyl (C=O) groups is 3. The number of rotatable bonds is 6. The van der Waals surface area contributed by atoms with Gasteiger partial charge in [0.1, 0.15) is 5.54 Å². The summed E-state index contributed by atoms with van der Waals surface area (Å²) in [6.07, 6.45) is 1.42. The molecule has 4 rings (SSSR count). The van der Waals surface area contributed by atoms with Gasteiger partial charge in [0.25, 0.3) is 11.8 Å². The number of methoxy groups -OCH3 is 2. The highest BCUT2D eigenvalue weighted by Crippen LogP contribution is 2.36. The van der Waals surface area contributed by atoms with Crippen molar-refractivity contribution in [3.8, 4) is 11.5 Å². The van der Waals surface area contributed by atoms with Gasteiger partial charge in [0.05, 0.1) is 14.2 Å². The highest BCUT2D eigenvalue weighted by atomic mass is 35.5. The number of hydrogen-bond acceptors (Lipinski definition) is 5. The van der Waals surface area contributed by atoms with Crippen LogP contribution < -0.4 is 20.1 Å². The molecule has 0 bridgehead atoms. The minimum atomic E-state index is -1.10. The number of benzene rings is 2. The second-order valence-corrected chi connectivity index (χ2v) is 8.69. The van der Waals surface area contributed by atoms with Crippen molar-refractivity contribution >= 4 is 29.4 Å². The van der Waals surface area contributed by atoms with Gasteiger partial charge in [-0.05, 0) is 48.6 Å². The quantitative estimate of drug-likeness (QED) is 0.631. The maximum Gasteiger partial charge on any atom is 0.322 e. The number of imide groups is 1. The fourth-order valence-corrected chi connectivity index (χ4v) is 4.93. The summed E-state index contributed by atoms with van der Waals surface area (Å²) in [4.78, 5) is 39.9. The Morgan fingerprint density at radius 2 is 1.79 bits per heavy atom. The van der Waals surface area contributed by atoms with E-state index in [0.29, 0.717) is 54.4 Å². The Labute approximate surface area is 197 Å². The van der Waals surface area contributed by atoms with Crippen molar-refractivity contribution in [3.05, 3.63) is 58.6 Å². The van der Waals surface area contributed by atoms with Crippen LogP contribution in [-0.4, -0.2) is 55.6 Å². The van der Waals surface area contributed by atoms with Crippen LogP contribution in [0.5, 0.6) is 11.5 Å². The van der Waals surface area contributed by atoms with Gasteiger partial charge >= 0.3 is 6.03 Å². The normalized spacial score (nSPS) is 20.9. The van der Waals surface area contributed by atoms with E-state index in [1.807, 2.05) is 18.2 Å². The van der Waals surface area contributed by atoms with Crippen molar-refractivity contribution in [3.63, 3.8) is 0 Å². The average Bonchev–Trinajstić information content (AvgIpc) is 3.13. The van der Waals surface area contributed by atoms with Crippen LogP contribution in [0.2, 0.25) is 5.02 Å². The van der Waals surface area contributed by atoms with E-state index in [9.17, 15) is 14.4 Å². The van der Waals surface area contributed by atoms with Crippen LogP contribution in [0, 0.1) is 5.92 Å². The smallest absolute Gasteiger partial charge is 0.322 e. The van der Waals surface area contributed by atoms with Gasteiger partial charge in [0, 0.05) is 30.1 Å². The Hall–Kier alpha value is -3.26. The number of likely N-dealkylation sites (tertiary alicyclic amines) is 1. The van der Waals surface area contributed by atoms with Crippen LogP contribution in [0.15, 0.2) is 42.5 Å². The summed E-state index contributed by atoms with van der Waals surface area (Å²) in [7, 11) is 3.07. The third kappa shape index (κ3) is 4.35. The lowest BCUT2D eigenvalue weighted by Crippen LogP contribution is -2.58. The van der Waals surface area contributed by atoms with Crippen molar-refractivity contribution in [1.29, 1.82) is 0 Å². The fraction of sp³-hybridized carbons (Fsp3) is 0.375. The molecule has 0 aromatic heterocycles. The molecule has 0 saturated carbocycles. The lowest BCUT2D eigenvalue weighted by atomic mass is 9.74. The van der Waals surface area contributed by atoms with Crippen LogP contribution in [0.3, 0.4) is 0 Å². The standard InChI is InChI=1S/C24H26ClN3O5/c1-32-19-8-7-15(13-20(19)33-2)21(29)28-11-9-17(10-12-28)24(22(30)26-23(31)27-24)14-16-5-3-4-6-18(16)25/h3-8,13,17H,9-12,14H2,1-2H3,(H2,26,27,30,31)/t24-/m1/s1. The molecule has 2 aromatic rings. The van der Waals surface area contributed by atoms with Gasteiger partial charge in [0.15, 0.2) is 11.5 Å². The first-order valence-corrected chi connectivity index (χ1v) is 11.1. The molecule has 174 valence electrons. The third-order valence-corrected chi connectivity index (χ3v) is 6.87. The highest BCUT2D eigenvalue weighted by molar-refractivity contribution is 6.31. The molecule has 2 saturated heterocycles. The molecule has 4 amide bonds. The molecular formula is C24H26ClN3O5. The van der Waals surface area contributed by atoms with Crippen LogP contribution in [0.1, 0.15) is 28.8 Å². The fourth-order valence-electron chi connectivity index (χ4n) is 4.73. The molecule has 33 heavy (non-hydrogen) atoms. The minimum Gasteiger partial charge on any atom is -0.493 e. The second-order valence-electron chi connectivity index (χ2n) is 8.28. The Morgan fingerprint density at radius 1 is 1.09 bits per heavy atom. The molecule has 9 heteroatoms. The minimum absolute atomic E-state index is 0.116. The number of amides is 4. The highest BCUT2D eigenvalue weighted by Gasteiger charge is 2.52.